The van der Waals surface area contributed by atoms with Crippen molar-refractivity contribution in [3.63, 3.8) is 0 Å². The maximum Gasteiger partial charge on any atom is 0.130 e. The lowest BCUT2D eigenvalue weighted by Crippen LogP contribution is -2.11. The predicted molar refractivity (Wildman–Crippen MR) is 70.0 cm³/mol. The lowest BCUT2D eigenvalue weighted by molar-refractivity contribution is 0.0369. The molecule has 3 heteroatoms. The van der Waals surface area contributed by atoms with Crippen molar-refractivity contribution >= 4 is 0 Å². The highest BCUT2D eigenvalue weighted by atomic mass is 16.5. The van der Waals surface area contributed by atoms with E-state index in [0.29, 0.717) is 12.7 Å². The third kappa shape index (κ3) is 4.92. The van der Waals surface area contributed by atoms with E-state index in [9.17, 15) is 0 Å². The van der Waals surface area contributed by atoms with Crippen LogP contribution >= 0.6 is 0 Å². The van der Waals surface area contributed by atoms with Crippen LogP contribution < -0.4 is 5.32 Å². The van der Waals surface area contributed by atoms with Crippen molar-refractivity contribution in [1.82, 2.24) is 5.32 Å². The van der Waals surface area contributed by atoms with Gasteiger partial charge in [-0.25, -0.2) is 0 Å². The van der Waals surface area contributed by atoms with Gasteiger partial charge in [-0.15, -0.1) is 0 Å². The predicted octanol–water partition coefficient (Wildman–Crippen LogP) is 3.40. The molecule has 0 aliphatic rings. The zero-order chi connectivity index (χ0) is 12.7. The van der Waals surface area contributed by atoms with Gasteiger partial charge in [0.25, 0.3) is 0 Å². The number of aryl methyl sites for hydroxylation is 1. The van der Waals surface area contributed by atoms with Crippen molar-refractivity contribution in [3.05, 3.63) is 23.2 Å². The summed E-state index contributed by atoms with van der Waals surface area (Å²) in [6.07, 6.45) is 2.57. The first-order valence-electron chi connectivity index (χ1n) is 6.57. The van der Waals surface area contributed by atoms with E-state index < -0.39 is 0 Å². The summed E-state index contributed by atoms with van der Waals surface area (Å²) in [7, 11) is 0. The molecule has 98 valence electrons. The molecule has 0 radical (unpaired) electrons. The van der Waals surface area contributed by atoms with E-state index in [2.05, 4.69) is 32.2 Å². The van der Waals surface area contributed by atoms with Gasteiger partial charge in [-0.05, 0) is 32.9 Å². The molecule has 0 bridgehead atoms. The van der Waals surface area contributed by atoms with Crippen molar-refractivity contribution in [2.45, 2.75) is 59.8 Å². The van der Waals surface area contributed by atoms with Gasteiger partial charge < -0.3 is 14.5 Å². The van der Waals surface area contributed by atoms with Crippen LogP contribution in [0.25, 0.3) is 0 Å². The van der Waals surface area contributed by atoms with E-state index in [4.69, 9.17) is 9.15 Å². The van der Waals surface area contributed by atoms with Gasteiger partial charge in [-0.2, -0.15) is 0 Å². The summed E-state index contributed by atoms with van der Waals surface area (Å²) in [5.74, 6) is 1.92. The van der Waals surface area contributed by atoms with E-state index >= 15 is 0 Å². The van der Waals surface area contributed by atoms with Crippen molar-refractivity contribution in [2.75, 3.05) is 6.54 Å². The van der Waals surface area contributed by atoms with Gasteiger partial charge in [0.2, 0.25) is 0 Å². The summed E-state index contributed by atoms with van der Waals surface area (Å²) in [6.45, 7) is 10.8. The average Bonchev–Trinajstić information content (AvgIpc) is 2.65. The third-order valence-electron chi connectivity index (χ3n) is 2.84. The Morgan fingerprint density at radius 1 is 1.41 bits per heavy atom. The molecular formula is C14H25NO2. The van der Waals surface area contributed by atoms with Crippen molar-refractivity contribution in [2.24, 2.45) is 0 Å². The van der Waals surface area contributed by atoms with Gasteiger partial charge in [0.1, 0.15) is 18.1 Å². The number of ether oxygens (including phenoxy) is 1. The maximum atomic E-state index is 5.73. The standard InChI is InChI=1S/C14H25NO2/c1-5-7-11(3)16-10-14-8-13(9-15-6-2)12(4)17-14/h8,11,15H,5-7,9-10H2,1-4H3. The Kier molecular flexibility index (Phi) is 6.30. The van der Waals surface area contributed by atoms with Gasteiger partial charge in [0.15, 0.2) is 0 Å². The van der Waals surface area contributed by atoms with Crippen molar-refractivity contribution < 1.29 is 9.15 Å². The molecule has 1 atom stereocenters. The lowest BCUT2D eigenvalue weighted by Gasteiger charge is -2.09. The van der Waals surface area contributed by atoms with Gasteiger partial charge >= 0.3 is 0 Å². The summed E-state index contributed by atoms with van der Waals surface area (Å²) in [5.41, 5.74) is 1.23. The average molecular weight is 239 g/mol. The fourth-order valence-corrected chi connectivity index (χ4v) is 1.81. The van der Waals surface area contributed by atoms with Gasteiger partial charge in [0.05, 0.1) is 6.10 Å². The molecule has 1 aromatic rings. The smallest absolute Gasteiger partial charge is 0.130 e. The van der Waals surface area contributed by atoms with E-state index in [1.807, 2.05) is 6.92 Å². The fraction of sp³-hybridized carbons (Fsp3) is 0.714. The second-order valence-electron chi connectivity index (χ2n) is 4.48. The number of rotatable bonds is 8. The molecule has 0 saturated carbocycles. The molecular weight excluding hydrogens is 214 g/mol. The molecule has 1 unspecified atom stereocenters. The van der Waals surface area contributed by atoms with Crippen LogP contribution in [0.4, 0.5) is 0 Å². The Hall–Kier alpha value is -0.800. The minimum absolute atomic E-state index is 0.308. The van der Waals surface area contributed by atoms with Crippen LogP contribution in [0.15, 0.2) is 10.5 Å². The lowest BCUT2D eigenvalue weighted by atomic mass is 10.2. The molecule has 0 aliphatic carbocycles. The minimum Gasteiger partial charge on any atom is -0.464 e. The van der Waals surface area contributed by atoms with Crippen LogP contribution in [-0.4, -0.2) is 12.6 Å². The fourth-order valence-electron chi connectivity index (χ4n) is 1.81. The quantitative estimate of drug-likeness (QED) is 0.755. The van der Waals surface area contributed by atoms with Crippen LogP contribution in [0.2, 0.25) is 0 Å². The monoisotopic (exact) mass is 239 g/mol. The zero-order valence-electron chi connectivity index (χ0n) is 11.5. The van der Waals surface area contributed by atoms with Gasteiger partial charge in [0, 0.05) is 12.1 Å². The first kappa shape index (κ1) is 14.3. The Morgan fingerprint density at radius 2 is 2.18 bits per heavy atom. The molecule has 0 spiro atoms. The summed E-state index contributed by atoms with van der Waals surface area (Å²) in [5, 5.41) is 3.30. The molecule has 0 fully saturated rings. The first-order valence-corrected chi connectivity index (χ1v) is 6.57. The number of hydrogen-bond acceptors (Lipinski definition) is 3. The summed E-state index contributed by atoms with van der Waals surface area (Å²) < 4.78 is 11.4. The van der Waals surface area contributed by atoms with Crippen molar-refractivity contribution in [1.29, 1.82) is 0 Å². The van der Waals surface area contributed by atoms with Crippen LogP contribution in [0.5, 0.6) is 0 Å². The second kappa shape index (κ2) is 7.51. The summed E-state index contributed by atoms with van der Waals surface area (Å²) in [6, 6.07) is 2.09. The SMILES string of the molecule is CCCC(C)OCc1cc(CNCC)c(C)o1. The Labute approximate surface area is 105 Å². The molecule has 1 N–H and O–H groups in total. The molecule has 17 heavy (non-hydrogen) atoms. The minimum atomic E-state index is 0.308. The molecule has 1 aromatic heterocycles. The molecule has 1 heterocycles. The van der Waals surface area contributed by atoms with Crippen LogP contribution in [0.3, 0.4) is 0 Å². The first-order chi connectivity index (χ1) is 8.17. The Balaban J connectivity index is 2.43. The molecule has 1 rings (SSSR count). The number of hydrogen-bond donors (Lipinski definition) is 1. The highest BCUT2D eigenvalue weighted by Crippen LogP contribution is 2.16. The highest BCUT2D eigenvalue weighted by molar-refractivity contribution is 5.20. The van der Waals surface area contributed by atoms with Crippen molar-refractivity contribution in [3.8, 4) is 0 Å². The van der Waals surface area contributed by atoms with E-state index in [0.717, 1.165) is 37.5 Å². The molecule has 0 aliphatic heterocycles. The van der Waals surface area contributed by atoms with E-state index in [1.54, 1.807) is 0 Å². The van der Waals surface area contributed by atoms with Crippen LogP contribution in [-0.2, 0) is 17.9 Å². The Bertz CT molecular complexity index is 320. The Morgan fingerprint density at radius 3 is 2.82 bits per heavy atom. The highest BCUT2D eigenvalue weighted by Gasteiger charge is 2.08. The molecule has 0 aromatic carbocycles. The third-order valence-corrected chi connectivity index (χ3v) is 2.84. The maximum absolute atomic E-state index is 5.73. The zero-order valence-corrected chi connectivity index (χ0v) is 11.5. The van der Waals surface area contributed by atoms with Crippen LogP contribution in [0.1, 0.15) is 50.7 Å². The topological polar surface area (TPSA) is 34.4 Å². The molecule has 0 saturated heterocycles. The van der Waals surface area contributed by atoms with E-state index in [-0.39, 0.29) is 0 Å². The van der Waals surface area contributed by atoms with Gasteiger partial charge in [-0.1, -0.05) is 20.3 Å². The second-order valence-corrected chi connectivity index (χ2v) is 4.48. The van der Waals surface area contributed by atoms with E-state index in [1.165, 1.54) is 5.56 Å². The summed E-state index contributed by atoms with van der Waals surface area (Å²) in [4.78, 5) is 0. The van der Waals surface area contributed by atoms with Crippen LogP contribution in [0, 0.1) is 6.92 Å². The summed E-state index contributed by atoms with van der Waals surface area (Å²) >= 11 is 0. The molecule has 0 amide bonds. The normalized spacial score (nSPS) is 12.9. The molecule has 3 nitrogen and oxygen atoms in total. The van der Waals surface area contributed by atoms with Gasteiger partial charge in [-0.3, -0.25) is 0 Å². The number of nitrogens with one attached hydrogen (secondary N) is 1. The largest absolute Gasteiger partial charge is 0.464 e. The number of furan rings is 1.